The van der Waals surface area contributed by atoms with Crippen LogP contribution >= 0.6 is 0 Å². The first-order valence-corrected chi connectivity index (χ1v) is 13.0. The molecule has 0 atom stereocenters. The van der Waals surface area contributed by atoms with Crippen LogP contribution in [0.4, 0.5) is 0 Å². The van der Waals surface area contributed by atoms with Crippen molar-refractivity contribution in [2.45, 2.75) is 52.6 Å². The van der Waals surface area contributed by atoms with E-state index >= 15 is 0 Å². The SMILES string of the molecule is CC(C)(C)n1c2ccc3ccccc3c2c2c3c4c5ccccc5ccc4n(C(C)(C)C)c3ccc21. The molecule has 36 heavy (non-hydrogen) atoms. The van der Waals surface area contributed by atoms with Crippen LogP contribution in [0, 0.1) is 0 Å². The molecule has 0 bridgehead atoms. The molecule has 0 spiro atoms. The van der Waals surface area contributed by atoms with Crippen LogP contribution in [0.3, 0.4) is 0 Å². The van der Waals surface area contributed by atoms with Crippen LogP contribution in [-0.2, 0) is 11.1 Å². The summed E-state index contributed by atoms with van der Waals surface area (Å²) in [5.74, 6) is 0. The molecule has 0 aliphatic heterocycles. The van der Waals surface area contributed by atoms with Gasteiger partial charge in [0.15, 0.2) is 0 Å². The van der Waals surface area contributed by atoms with Gasteiger partial charge in [-0.1, -0.05) is 60.7 Å². The lowest BCUT2D eigenvalue weighted by Crippen LogP contribution is -2.21. The summed E-state index contributed by atoms with van der Waals surface area (Å²) in [7, 11) is 0. The largest absolute Gasteiger partial charge is 0.335 e. The number of rotatable bonds is 0. The van der Waals surface area contributed by atoms with Gasteiger partial charge in [0.1, 0.15) is 0 Å². The minimum absolute atomic E-state index is 0.0550. The van der Waals surface area contributed by atoms with Crippen molar-refractivity contribution in [2.75, 3.05) is 0 Å². The second-order valence-corrected chi connectivity index (χ2v) is 12.2. The monoisotopic (exact) mass is 468 g/mol. The molecular weight excluding hydrogens is 436 g/mol. The first-order valence-electron chi connectivity index (χ1n) is 13.0. The van der Waals surface area contributed by atoms with Crippen molar-refractivity contribution >= 4 is 65.2 Å². The summed E-state index contributed by atoms with van der Waals surface area (Å²) in [6.45, 7) is 13.9. The van der Waals surface area contributed by atoms with Gasteiger partial charge in [0.25, 0.3) is 0 Å². The van der Waals surface area contributed by atoms with E-state index in [1.54, 1.807) is 0 Å². The van der Waals surface area contributed by atoms with Crippen molar-refractivity contribution < 1.29 is 0 Å². The van der Waals surface area contributed by atoms with E-state index in [9.17, 15) is 0 Å². The zero-order valence-electron chi connectivity index (χ0n) is 22.0. The fourth-order valence-electron chi connectivity index (χ4n) is 6.58. The van der Waals surface area contributed by atoms with E-state index in [2.05, 4.69) is 136 Å². The summed E-state index contributed by atoms with van der Waals surface area (Å²) in [6, 6.07) is 31.7. The van der Waals surface area contributed by atoms with Gasteiger partial charge in [-0.25, -0.2) is 0 Å². The quantitative estimate of drug-likeness (QED) is 0.210. The molecule has 2 aromatic heterocycles. The van der Waals surface area contributed by atoms with E-state index in [4.69, 9.17) is 0 Å². The molecule has 0 amide bonds. The van der Waals surface area contributed by atoms with Crippen molar-refractivity contribution in [3.8, 4) is 0 Å². The van der Waals surface area contributed by atoms with E-state index in [0.29, 0.717) is 0 Å². The average molecular weight is 469 g/mol. The van der Waals surface area contributed by atoms with Gasteiger partial charge in [-0.15, -0.1) is 0 Å². The van der Waals surface area contributed by atoms with E-state index in [-0.39, 0.29) is 11.1 Å². The lowest BCUT2D eigenvalue weighted by molar-refractivity contribution is 0.422. The summed E-state index contributed by atoms with van der Waals surface area (Å²) in [6.07, 6.45) is 0. The van der Waals surface area contributed by atoms with Gasteiger partial charge in [-0.05, 0) is 87.4 Å². The molecular formula is C34H32N2. The molecule has 0 aliphatic rings. The van der Waals surface area contributed by atoms with Crippen molar-refractivity contribution in [1.82, 2.24) is 9.13 Å². The van der Waals surface area contributed by atoms with Crippen LogP contribution in [-0.4, -0.2) is 9.13 Å². The van der Waals surface area contributed by atoms with E-state index in [0.717, 1.165) is 0 Å². The van der Waals surface area contributed by atoms with Gasteiger partial charge in [-0.3, -0.25) is 0 Å². The number of benzene rings is 5. The van der Waals surface area contributed by atoms with E-state index in [1.165, 1.54) is 65.2 Å². The van der Waals surface area contributed by atoms with Crippen LogP contribution < -0.4 is 0 Å². The van der Waals surface area contributed by atoms with Gasteiger partial charge in [0, 0.05) is 32.6 Å². The topological polar surface area (TPSA) is 9.86 Å². The Balaban J connectivity index is 1.90. The second-order valence-electron chi connectivity index (χ2n) is 12.2. The summed E-state index contributed by atoms with van der Waals surface area (Å²) < 4.78 is 5.10. The highest BCUT2D eigenvalue weighted by Crippen LogP contribution is 2.47. The van der Waals surface area contributed by atoms with Crippen molar-refractivity contribution in [3.05, 3.63) is 84.9 Å². The van der Waals surface area contributed by atoms with Crippen LogP contribution in [0.2, 0.25) is 0 Å². The van der Waals surface area contributed by atoms with Crippen LogP contribution in [0.1, 0.15) is 41.5 Å². The fourth-order valence-corrected chi connectivity index (χ4v) is 6.58. The Morgan fingerprint density at radius 1 is 0.389 bits per heavy atom. The Morgan fingerprint density at radius 3 is 1.11 bits per heavy atom. The first kappa shape index (κ1) is 21.5. The molecule has 7 rings (SSSR count). The molecule has 2 nitrogen and oxygen atoms in total. The number of fused-ring (bicyclic) bond motifs is 11. The van der Waals surface area contributed by atoms with Gasteiger partial charge >= 0.3 is 0 Å². The molecule has 178 valence electrons. The summed E-state index contributed by atoms with van der Waals surface area (Å²) in [4.78, 5) is 0. The molecule has 0 saturated carbocycles. The standard InChI is InChI=1S/C34H32N2/c1-33(2,3)35-25-17-15-21-11-7-9-13-23(21)29(25)31-27(35)19-20-28-32(31)30-24-14-10-8-12-22(24)16-18-26(30)36(28)34(4,5)6/h7-20H,1-6H3. The van der Waals surface area contributed by atoms with Crippen molar-refractivity contribution in [3.63, 3.8) is 0 Å². The van der Waals surface area contributed by atoms with E-state index in [1.807, 2.05) is 0 Å². The first-order chi connectivity index (χ1) is 17.2. The van der Waals surface area contributed by atoms with Gasteiger partial charge in [0.05, 0.1) is 22.1 Å². The number of aromatic nitrogens is 2. The van der Waals surface area contributed by atoms with Crippen LogP contribution in [0.15, 0.2) is 84.9 Å². The molecule has 0 fully saturated rings. The third-order valence-corrected chi connectivity index (χ3v) is 7.78. The highest BCUT2D eigenvalue weighted by molar-refractivity contribution is 6.35. The molecule has 0 radical (unpaired) electrons. The molecule has 2 heteroatoms. The average Bonchev–Trinajstić information content (AvgIpc) is 3.37. The summed E-state index contributed by atoms with van der Waals surface area (Å²) in [5, 5.41) is 10.7. The van der Waals surface area contributed by atoms with Crippen molar-refractivity contribution in [1.29, 1.82) is 0 Å². The Kier molecular flexibility index (Phi) is 4.13. The molecule has 0 N–H and O–H groups in total. The summed E-state index contributed by atoms with van der Waals surface area (Å²) >= 11 is 0. The predicted octanol–water partition coefficient (Wildman–Crippen LogP) is 9.72. The third kappa shape index (κ3) is 2.73. The van der Waals surface area contributed by atoms with Gasteiger partial charge < -0.3 is 9.13 Å². The smallest absolute Gasteiger partial charge is 0.0504 e. The Labute approximate surface area is 211 Å². The molecule has 0 aliphatic carbocycles. The lowest BCUT2D eigenvalue weighted by atomic mass is 9.98. The molecule has 0 unspecified atom stereocenters. The molecule has 2 heterocycles. The maximum Gasteiger partial charge on any atom is 0.0504 e. The highest BCUT2D eigenvalue weighted by Gasteiger charge is 2.28. The van der Waals surface area contributed by atoms with Crippen molar-refractivity contribution in [2.24, 2.45) is 0 Å². The minimum atomic E-state index is -0.0550. The maximum absolute atomic E-state index is 2.55. The Bertz CT molecular complexity index is 1850. The number of nitrogens with zero attached hydrogens (tertiary/aromatic N) is 2. The predicted molar refractivity (Wildman–Crippen MR) is 157 cm³/mol. The summed E-state index contributed by atoms with van der Waals surface area (Å²) in [5.41, 5.74) is 5.12. The molecule has 7 aromatic rings. The van der Waals surface area contributed by atoms with Gasteiger partial charge in [0.2, 0.25) is 0 Å². The highest BCUT2D eigenvalue weighted by atomic mass is 15.1. The second kappa shape index (κ2) is 6.91. The van der Waals surface area contributed by atoms with E-state index < -0.39 is 0 Å². The zero-order chi connectivity index (χ0) is 25.0. The maximum atomic E-state index is 2.55. The van der Waals surface area contributed by atoms with Crippen LogP contribution in [0.5, 0.6) is 0 Å². The molecule has 0 saturated heterocycles. The fraction of sp³-hybridized carbons (Fsp3) is 0.235. The zero-order valence-corrected chi connectivity index (χ0v) is 22.0. The molecule has 5 aromatic carbocycles. The Morgan fingerprint density at radius 2 is 0.722 bits per heavy atom. The third-order valence-electron chi connectivity index (χ3n) is 7.78. The van der Waals surface area contributed by atoms with Crippen LogP contribution in [0.25, 0.3) is 65.2 Å². The van der Waals surface area contributed by atoms with Gasteiger partial charge in [-0.2, -0.15) is 0 Å². The number of hydrogen-bond acceptors (Lipinski definition) is 0. The lowest BCUT2D eigenvalue weighted by Gasteiger charge is -2.25. The minimum Gasteiger partial charge on any atom is -0.335 e. The normalized spacial score (nSPS) is 13.3. The Hall–Kier alpha value is -3.78. The number of hydrogen-bond donors (Lipinski definition) is 0.